The molecule has 0 radical (unpaired) electrons. The number of carbonyl (C=O) groups excluding carboxylic acids is 3. The molecule has 3 aliphatic heterocycles. The number of amides is 2. The first-order chi connectivity index (χ1) is 22.4. The Morgan fingerprint density at radius 3 is 2.42 bits per heavy atom. The summed E-state index contributed by atoms with van der Waals surface area (Å²) >= 11 is 1.49. The van der Waals surface area contributed by atoms with E-state index in [0.717, 1.165) is 4.91 Å². The number of β-lactam (4-membered cyclic amide) rings is 1. The number of esters is 1. The number of aryl methyl sites for hydroxylation is 2. The highest BCUT2D eigenvalue weighted by molar-refractivity contribution is 8.03. The molecule has 1 N–H and O–H groups in total. The van der Waals surface area contributed by atoms with Crippen LogP contribution in [0.2, 0.25) is 0 Å². The molecule has 2 saturated heterocycles. The first-order valence-electron chi connectivity index (χ1n) is 14.6. The summed E-state index contributed by atoms with van der Waals surface area (Å²) < 4.78 is 73.3. The van der Waals surface area contributed by atoms with Gasteiger partial charge < -0.3 is 28.9 Å². The van der Waals surface area contributed by atoms with Crippen LogP contribution in [0, 0.1) is 23.2 Å². The molecule has 0 spiro atoms. The first kappa shape index (κ1) is 38.6. The van der Waals surface area contributed by atoms with Gasteiger partial charge in [-0.15, -0.1) is 11.8 Å². The molecule has 19 heteroatoms. The van der Waals surface area contributed by atoms with Gasteiger partial charge in [0.2, 0.25) is 17.9 Å². The van der Waals surface area contributed by atoms with Crippen molar-refractivity contribution in [3.05, 3.63) is 54.1 Å². The van der Waals surface area contributed by atoms with Crippen molar-refractivity contribution in [3.63, 3.8) is 0 Å². The van der Waals surface area contributed by atoms with Crippen molar-refractivity contribution in [2.75, 3.05) is 19.8 Å². The summed E-state index contributed by atoms with van der Waals surface area (Å²) in [6.45, 7) is 11.9. The van der Waals surface area contributed by atoms with Crippen LogP contribution in [0.15, 0.2) is 48.4 Å². The predicted octanol–water partition coefficient (Wildman–Crippen LogP) is 1.92. The Labute approximate surface area is 279 Å². The minimum Gasteiger partial charge on any atom is -0.741 e. The number of likely N-dealkylation sites (tertiary alicyclic amines) is 1. The third kappa shape index (κ3) is 8.40. The lowest BCUT2D eigenvalue weighted by molar-refractivity contribution is -0.697. The molecule has 264 valence electrons. The zero-order chi connectivity index (χ0) is 36.1. The summed E-state index contributed by atoms with van der Waals surface area (Å²) in [6, 6.07) is 1.69. The molecule has 4 heterocycles. The van der Waals surface area contributed by atoms with E-state index in [4.69, 9.17) is 22.4 Å². The van der Waals surface area contributed by atoms with Crippen molar-refractivity contribution in [2.45, 2.75) is 62.2 Å². The van der Waals surface area contributed by atoms with Crippen LogP contribution in [0.3, 0.4) is 0 Å². The van der Waals surface area contributed by atoms with Gasteiger partial charge in [0.1, 0.15) is 31.2 Å². The minimum atomic E-state index is -6.09. The molecule has 0 saturated carbocycles. The van der Waals surface area contributed by atoms with Crippen molar-refractivity contribution in [1.82, 2.24) is 14.4 Å². The zero-order valence-corrected chi connectivity index (χ0v) is 28.0. The van der Waals surface area contributed by atoms with E-state index < -0.39 is 39.7 Å². The van der Waals surface area contributed by atoms with Crippen LogP contribution in [-0.2, 0) is 42.8 Å². The van der Waals surface area contributed by atoms with Crippen LogP contribution in [0.5, 0.6) is 0 Å². The number of carbonyl (C=O) groups is 3. The topological polar surface area (TPSA) is 186 Å². The summed E-state index contributed by atoms with van der Waals surface area (Å²) in [7, 11) is -4.28. The molecule has 1 aromatic rings. The van der Waals surface area contributed by atoms with E-state index >= 15 is 0 Å². The van der Waals surface area contributed by atoms with Crippen molar-refractivity contribution in [1.29, 1.82) is 5.26 Å². The number of hydrogen-bond acceptors (Lipinski definition) is 11. The molecule has 4 rings (SSSR count). The molecule has 0 unspecified atom stereocenters. The van der Waals surface area contributed by atoms with E-state index in [2.05, 4.69) is 19.2 Å². The molecule has 2 amide bonds. The maximum Gasteiger partial charge on any atom is 0.485 e. The van der Waals surface area contributed by atoms with Crippen molar-refractivity contribution in [2.24, 2.45) is 18.9 Å². The van der Waals surface area contributed by atoms with Crippen LogP contribution in [0.25, 0.3) is 0 Å². The van der Waals surface area contributed by atoms with Gasteiger partial charge >= 0.3 is 17.6 Å². The molecule has 3 aliphatic rings. The fraction of sp³-hybridized carbons (Fsp3) is 0.552. The summed E-state index contributed by atoms with van der Waals surface area (Å²) in [5.74, 6) is -1.65. The maximum atomic E-state index is 13.1. The van der Waals surface area contributed by atoms with Crippen molar-refractivity contribution in [3.8, 4) is 6.07 Å². The lowest BCUT2D eigenvalue weighted by Gasteiger charge is -2.46. The molecule has 1 aromatic heterocycles. The molecule has 0 aliphatic carbocycles. The normalized spacial score (nSPS) is 24.1. The van der Waals surface area contributed by atoms with E-state index in [1.54, 1.807) is 29.6 Å². The number of nitriles is 1. The van der Waals surface area contributed by atoms with Gasteiger partial charge in [0.15, 0.2) is 10.1 Å². The maximum absolute atomic E-state index is 13.1. The Morgan fingerprint density at radius 1 is 1.29 bits per heavy atom. The third-order valence-electron chi connectivity index (χ3n) is 7.97. The SMILES string of the molecule is C=CCOC(=O)C1=C(S[C@H]2C[C@@H](CC[n+]3cc(C#N)n(C)c3)N(C(=O)OCC=C)C2)[C@H](C)[C@@H]2[C@@H]([C@@H](C)O)C(=O)N12.O=S(=O)([O-])C(F)(F)F. The first-order valence-corrected chi connectivity index (χ1v) is 16.9. The number of fused-ring (bicyclic) bond motifs is 1. The lowest BCUT2D eigenvalue weighted by atomic mass is 9.79. The van der Waals surface area contributed by atoms with Gasteiger partial charge in [-0.3, -0.25) is 4.79 Å². The molecule has 6 atom stereocenters. The smallest absolute Gasteiger partial charge is 0.485 e. The fourth-order valence-corrected chi connectivity index (χ4v) is 7.38. The predicted molar refractivity (Wildman–Crippen MR) is 162 cm³/mol. The highest BCUT2D eigenvalue weighted by Gasteiger charge is 2.60. The number of imidazole rings is 1. The van der Waals surface area contributed by atoms with E-state index in [0.29, 0.717) is 31.6 Å². The van der Waals surface area contributed by atoms with E-state index in [1.807, 2.05) is 17.8 Å². The van der Waals surface area contributed by atoms with Gasteiger partial charge in [0.25, 0.3) is 0 Å². The van der Waals surface area contributed by atoms with Crippen LogP contribution >= 0.6 is 11.8 Å². The number of rotatable bonds is 11. The van der Waals surface area contributed by atoms with E-state index in [-0.39, 0.29) is 48.1 Å². The molecule has 2 fully saturated rings. The molecule has 0 bridgehead atoms. The molecular weight excluding hydrogens is 683 g/mol. The largest absolute Gasteiger partial charge is 0.741 e. The third-order valence-corrected chi connectivity index (χ3v) is 10.0. The van der Waals surface area contributed by atoms with Crippen molar-refractivity contribution >= 4 is 39.8 Å². The van der Waals surface area contributed by atoms with Gasteiger partial charge in [0.05, 0.1) is 31.7 Å². The summed E-state index contributed by atoms with van der Waals surface area (Å²) in [5, 5.41) is 19.5. The number of alkyl halides is 3. The second-order valence-corrected chi connectivity index (χ2v) is 14.0. The second kappa shape index (κ2) is 15.6. The Bertz CT molecular complexity index is 1600. The second-order valence-electron chi connectivity index (χ2n) is 11.3. The number of aromatic nitrogens is 2. The van der Waals surface area contributed by atoms with Crippen molar-refractivity contribution < 1.29 is 59.7 Å². The molecule has 14 nitrogen and oxygen atoms in total. The molecular formula is C29H36F3N5O9S2. The highest BCUT2D eigenvalue weighted by atomic mass is 32.2. The Morgan fingerprint density at radius 2 is 1.90 bits per heavy atom. The summed E-state index contributed by atoms with van der Waals surface area (Å²) in [6.07, 6.45) is 6.61. The number of thioether (sulfide) groups is 1. The highest BCUT2D eigenvalue weighted by Crippen LogP contribution is 2.52. The number of hydrogen-bond donors (Lipinski definition) is 1. The van der Waals surface area contributed by atoms with Crippen LogP contribution in [0.4, 0.5) is 18.0 Å². The summed E-state index contributed by atoms with van der Waals surface area (Å²) in [4.78, 5) is 42.9. The quantitative estimate of drug-likeness (QED) is 0.0880. The van der Waals surface area contributed by atoms with Crippen LogP contribution < -0.4 is 4.57 Å². The Balaban J connectivity index is 0.000000694. The fourth-order valence-electron chi connectivity index (χ4n) is 5.82. The minimum absolute atomic E-state index is 0.0142. The molecule has 48 heavy (non-hydrogen) atoms. The number of aliphatic hydroxyl groups excluding tert-OH is 1. The van der Waals surface area contributed by atoms with Crippen LogP contribution in [-0.4, -0.2) is 99.1 Å². The van der Waals surface area contributed by atoms with Gasteiger partial charge in [-0.1, -0.05) is 32.2 Å². The average molecular weight is 720 g/mol. The number of halogens is 3. The van der Waals surface area contributed by atoms with E-state index in [1.165, 1.54) is 28.8 Å². The zero-order valence-electron chi connectivity index (χ0n) is 26.3. The monoisotopic (exact) mass is 719 g/mol. The number of ether oxygens (including phenoxy) is 2. The lowest BCUT2D eigenvalue weighted by Crippen LogP contribution is -2.63. The van der Waals surface area contributed by atoms with Gasteiger partial charge in [-0.25, -0.2) is 27.1 Å². The average Bonchev–Trinajstić information content (AvgIpc) is 3.64. The summed E-state index contributed by atoms with van der Waals surface area (Å²) in [5.41, 5.74) is -4.89. The Hall–Kier alpha value is -3.86. The van der Waals surface area contributed by atoms with Gasteiger partial charge in [0, 0.05) is 35.1 Å². The molecule has 0 aromatic carbocycles. The Kier molecular flexibility index (Phi) is 12.5. The number of nitrogens with zero attached hydrogens (tertiary/aromatic N) is 5. The van der Waals surface area contributed by atoms with E-state index in [9.17, 15) is 37.9 Å². The standard InChI is InChI=1S/C28H36N5O6S.CHF3O3S/c1-6-10-38-27(36)24-25(17(3)23-22(18(4)34)26(35)33(23)24)40-21-12-19(32(15-21)28(37)39-11-7-2)8-9-31-14-20(13-29)30(5)16-31;2-1(3,4)8(5,6)7/h6-7,14,16-19,21-23,34H,1-2,8-12,15H2,3-5H3;(H,5,6,7)/q+1;/p-1/t17-,18-,19-,21+,22-,23-;/m1./s1. The van der Waals surface area contributed by atoms with Gasteiger partial charge in [-0.05, 0) is 13.3 Å². The number of aliphatic hydroxyl groups is 1. The van der Waals surface area contributed by atoms with Crippen LogP contribution in [0.1, 0.15) is 32.4 Å². The van der Waals surface area contributed by atoms with Gasteiger partial charge in [-0.2, -0.15) is 18.4 Å².